The summed E-state index contributed by atoms with van der Waals surface area (Å²) in [5.41, 5.74) is 1.65. The molecule has 5 nitrogen and oxygen atoms in total. The summed E-state index contributed by atoms with van der Waals surface area (Å²) in [5, 5.41) is 10.8. The third-order valence-corrected chi connectivity index (χ3v) is 2.80. The van der Waals surface area contributed by atoms with Crippen LogP contribution in [0.3, 0.4) is 0 Å². The molecule has 1 aromatic rings. The Balaban J connectivity index is 2.59. The Morgan fingerprint density at radius 2 is 1.86 bits per heavy atom. The quantitative estimate of drug-likeness (QED) is 0.806. The fourth-order valence-corrected chi connectivity index (χ4v) is 1.80. The largest absolute Gasteiger partial charge is 0.483 e. The third-order valence-electron chi connectivity index (χ3n) is 2.80. The summed E-state index contributed by atoms with van der Waals surface area (Å²) in [6, 6.07) is 3.81. The summed E-state index contributed by atoms with van der Waals surface area (Å²) >= 11 is 0. The second-order valence-electron chi connectivity index (χ2n) is 4.59. The number of para-hydroxylation sites is 1. The van der Waals surface area contributed by atoms with Gasteiger partial charge >= 0.3 is 5.97 Å². The minimum atomic E-state index is -2.81. The molecule has 0 aliphatic rings. The van der Waals surface area contributed by atoms with Crippen molar-refractivity contribution in [1.29, 1.82) is 0 Å². The van der Waals surface area contributed by atoms with E-state index in [2.05, 4.69) is 0 Å². The molecule has 0 heterocycles. The first-order chi connectivity index (χ1) is 9.81. The Bertz CT molecular complexity index is 499. The van der Waals surface area contributed by atoms with Crippen molar-refractivity contribution in [2.24, 2.45) is 0 Å². The number of carbonyl (C=O) groups excluding carboxylic acids is 1. The van der Waals surface area contributed by atoms with Crippen LogP contribution in [0.4, 0.5) is 8.78 Å². The standard InChI is InChI=1S/C14H17F2NO4/c1-8-4-3-5-9(2)13(8)21-7-12(18)17-10(14(19)20)6-11(15)16/h3-5,10-11H,6-7H2,1-2H3,(H,17,18)(H,19,20). The van der Waals surface area contributed by atoms with Crippen LogP contribution in [0.1, 0.15) is 17.5 Å². The van der Waals surface area contributed by atoms with Crippen LogP contribution in [0.5, 0.6) is 5.75 Å². The number of ether oxygens (including phenoxy) is 1. The van der Waals surface area contributed by atoms with Gasteiger partial charge in [0.05, 0.1) is 0 Å². The van der Waals surface area contributed by atoms with Crippen molar-refractivity contribution in [2.45, 2.75) is 32.7 Å². The van der Waals surface area contributed by atoms with E-state index in [4.69, 9.17) is 9.84 Å². The second-order valence-corrected chi connectivity index (χ2v) is 4.59. The average molecular weight is 301 g/mol. The number of carboxylic acid groups (broad SMARTS) is 1. The minimum absolute atomic E-state index is 0.432. The summed E-state index contributed by atoms with van der Waals surface area (Å²) in [4.78, 5) is 22.4. The fraction of sp³-hybridized carbons (Fsp3) is 0.429. The third kappa shape index (κ3) is 5.37. The summed E-state index contributed by atoms with van der Waals surface area (Å²) in [7, 11) is 0. The number of aliphatic carboxylic acids is 1. The summed E-state index contributed by atoms with van der Waals surface area (Å²) in [6.45, 7) is 3.17. The number of carboxylic acids is 1. The average Bonchev–Trinajstić information content (AvgIpc) is 2.36. The van der Waals surface area contributed by atoms with E-state index in [1.165, 1.54) is 0 Å². The van der Waals surface area contributed by atoms with Crippen LogP contribution < -0.4 is 10.1 Å². The first-order valence-electron chi connectivity index (χ1n) is 6.30. The molecule has 1 unspecified atom stereocenters. The van der Waals surface area contributed by atoms with Gasteiger partial charge in [-0.1, -0.05) is 18.2 Å². The van der Waals surface area contributed by atoms with Crippen LogP contribution in [-0.2, 0) is 9.59 Å². The van der Waals surface area contributed by atoms with E-state index in [0.717, 1.165) is 11.1 Å². The maximum atomic E-state index is 12.2. The molecular weight excluding hydrogens is 284 g/mol. The number of aryl methyl sites for hydroxylation is 2. The van der Waals surface area contributed by atoms with Gasteiger partial charge in [0, 0.05) is 6.42 Å². The van der Waals surface area contributed by atoms with Crippen molar-refractivity contribution in [3.8, 4) is 5.75 Å². The Morgan fingerprint density at radius 1 is 1.29 bits per heavy atom. The Kier molecular flexibility index (Phi) is 6.08. The first kappa shape index (κ1) is 16.9. The van der Waals surface area contributed by atoms with Crippen molar-refractivity contribution in [3.63, 3.8) is 0 Å². The van der Waals surface area contributed by atoms with Crippen LogP contribution >= 0.6 is 0 Å². The second kappa shape index (κ2) is 7.56. The molecule has 0 saturated carbocycles. The number of amides is 1. The van der Waals surface area contributed by atoms with Gasteiger partial charge in [-0.15, -0.1) is 0 Å². The van der Waals surface area contributed by atoms with Crippen molar-refractivity contribution < 1.29 is 28.2 Å². The van der Waals surface area contributed by atoms with Crippen LogP contribution in [0.15, 0.2) is 18.2 Å². The highest BCUT2D eigenvalue weighted by atomic mass is 19.3. The predicted molar refractivity (Wildman–Crippen MR) is 71.6 cm³/mol. The van der Waals surface area contributed by atoms with Crippen LogP contribution in [0.25, 0.3) is 0 Å². The molecule has 7 heteroatoms. The topological polar surface area (TPSA) is 75.6 Å². The SMILES string of the molecule is Cc1cccc(C)c1OCC(=O)NC(CC(F)F)C(=O)O. The smallest absolute Gasteiger partial charge is 0.326 e. The lowest BCUT2D eigenvalue weighted by atomic mass is 10.1. The van der Waals surface area contributed by atoms with Gasteiger partial charge in [0.15, 0.2) is 6.61 Å². The number of hydrogen-bond donors (Lipinski definition) is 2. The molecule has 0 radical (unpaired) electrons. The zero-order valence-electron chi connectivity index (χ0n) is 11.7. The number of hydrogen-bond acceptors (Lipinski definition) is 3. The molecule has 1 atom stereocenters. The normalized spacial score (nSPS) is 12.0. The maximum Gasteiger partial charge on any atom is 0.326 e. The van der Waals surface area contributed by atoms with Crippen molar-refractivity contribution in [3.05, 3.63) is 29.3 Å². The van der Waals surface area contributed by atoms with E-state index in [1.54, 1.807) is 26.0 Å². The lowest BCUT2D eigenvalue weighted by molar-refractivity contribution is -0.143. The van der Waals surface area contributed by atoms with Gasteiger partial charge in [0.1, 0.15) is 11.8 Å². The lowest BCUT2D eigenvalue weighted by Crippen LogP contribution is -2.44. The zero-order valence-corrected chi connectivity index (χ0v) is 11.7. The van der Waals surface area contributed by atoms with Crippen molar-refractivity contribution in [1.82, 2.24) is 5.32 Å². The molecule has 1 amide bonds. The van der Waals surface area contributed by atoms with Gasteiger partial charge in [-0.25, -0.2) is 13.6 Å². The van der Waals surface area contributed by atoms with Crippen molar-refractivity contribution >= 4 is 11.9 Å². The molecule has 2 N–H and O–H groups in total. The molecule has 0 saturated heterocycles. The van der Waals surface area contributed by atoms with E-state index in [-0.39, 0.29) is 0 Å². The number of rotatable bonds is 7. The molecule has 1 rings (SSSR count). The molecular formula is C14H17F2NO4. The molecule has 0 aromatic heterocycles. The van der Waals surface area contributed by atoms with Gasteiger partial charge in [0.25, 0.3) is 5.91 Å². The van der Waals surface area contributed by atoms with Crippen LogP contribution in [-0.4, -0.2) is 36.1 Å². The molecule has 0 bridgehead atoms. The van der Waals surface area contributed by atoms with E-state index < -0.39 is 37.4 Å². The summed E-state index contributed by atoms with van der Waals surface area (Å²) < 4.78 is 29.7. The number of alkyl halides is 2. The Morgan fingerprint density at radius 3 is 2.33 bits per heavy atom. The lowest BCUT2D eigenvalue weighted by Gasteiger charge is -2.15. The monoisotopic (exact) mass is 301 g/mol. The van der Waals surface area contributed by atoms with E-state index in [0.29, 0.717) is 5.75 Å². The number of nitrogens with one attached hydrogen (secondary N) is 1. The molecule has 0 fully saturated rings. The first-order valence-corrected chi connectivity index (χ1v) is 6.30. The molecule has 116 valence electrons. The Hall–Kier alpha value is -2.18. The van der Waals surface area contributed by atoms with E-state index in [1.807, 2.05) is 11.4 Å². The zero-order chi connectivity index (χ0) is 16.0. The van der Waals surface area contributed by atoms with Gasteiger partial charge < -0.3 is 15.2 Å². The summed E-state index contributed by atoms with van der Waals surface area (Å²) in [6.07, 6.45) is -3.75. The van der Waals surface area contributed by atoms with Gasteiger partial charge in [0.2, 0.25) is 6.43 Å². The summed E-state index contributed by atoms with van der Waals surface area (Å²) in [5.74, 6) is -1.74. The van der Waals surface area contributed by atoms with Gasteiger partial charge in [-0.05, 0) is 25.0 Å². The highest BCUT2D eigenvalue weighted by Crippen LogP contribution is 2.22. The molecule has 1 aromatic carbocycles. The predicted octanol–water partition coefficient (Wildman–Crippen LogP) is 1.91. The highest BCUT2D eigenvalue weighted by Gasteiger charge is 2.24. The number of benzene rings is 1. The molecule has 0 aliphatic heterocycles. The van der Waals surface area contributed by atoms with E-state index in [9.17, 15) is 18.4 Å². The van der Waals surface area contributed by atoms with Crippen LogP contribution in [0.2, 0.25) is 0 Å². The molecule has 21 heavy (non-hydrogen) atoms. The molecule has 0 aliphatic carbocycles. The van der Waals surface area contributed by atoms with Gasteiger partial charge in [-0.3, -0.25) is 4.79 Å². The molecule has 0 spiro atoms. The Labute approximate surface area is 120 Å². The minimum Gasteiger partial charge on any atom is -0.483 e. The van der Waals surface area contributed by atoms with Crippen LogP contribution in [0, 0.1) is 13.8 Å². The van der Waals surface area contributed by atoms with E-state index >= 15 is 0 Å². The van der Waals surface area contributed by atoms with Crippen molar-refractivity contribution in [2.75, 3.05) is 6.61 Å². The highest BCUT2D eigenvalue weighted by molar-refractivity contribution is 5.84. The van der Waals surface area contributed by atoms with Gasteiger partial charge in [-0.2, -0.15) is 0 Å². The number of halogens is 2. The maximum absolute atomic E-state index is 12.2. The number of carbonyl (C=O) groups is 2. The fourth-order valence-electron chi connectivity index (χ4n) is 1.80.